The summed E-state index contributed by atoms with van der Waals surface area (Å²) in [5.41, 5.74) is 20.5. The van der Waals surface area contributed by atoms with Crippen molar-refractivity contribution >= 4 is 88.8 Å². The van der Waals surface area contributed by atoms with Gasteiger partial charge in [-0.25, -0.2) is 0 Å². The molecule has 0 unspecified atom stereocenters. The number of rotatable bonds is 10. The highest BCUT2D eigenvalue weighted by molar-refractivity contribution is 6.13. The number of hydrogen-bond acceptors (Lipinski definition) is 5. The van der Waals surface area contributed by atoms with Crippen molar-refractivity contribution in [2.24, 2.45) is 0 Å². The molecule has 0 atom stereocenters. The van der Waals surface area contributed by atoms with Gasteiger partial charge in [-0.1, -0.05) is 212 Å². The Morgan fingerprint density at radius 3 is 1.19 bits per heavy atom. The van der Waals surface area contributed by atoms with Crippen molar-refractivity contribution < 1.29 is 13.6 Å². The van der Waals surface area contributed by atoms with E-state index in [2.05, 4.69) is 277 Å². The van der Waals surface area contributed by atoms with Crippen molar-refractivity contribution in [1.82, 2.24) is 0 Å². The molecule has 3 heterocycles. The van der Waals surface area contributed by atoms with E-state index in [1.54, 1.807) is 0 Å². The van der Waals surface area contributed by atoms with Crippen LogP contribution in [0.4, 0.5) is 34.1 Å². The Bertz CT molecular complexity index is 4870. The van der Waals surface area contributed by atoms with Crippen LogP contribution in [0, 0.1) is 0 Å². The molecule has 0 aliphatic carbocycles. The van der Waals surface area contributed by atoms with E-state index in [4.69, 9.17) is 13.6 Å². The van der Waals surface area contributed by atoms with Gasteiger partial charge in [0.2, 0.25) is 0 Å². The molecular formula is C76H48N2O3. The number of fused-ring (bicyclic) bond motifs is 8. The minimum Gasteiger partial charge on any atom is -0.455 e. The van der Waals surface area contributed by atoms with Crippen LogP contribution in [0.15, 0.2) is 300 Å². The first-order valence-corrected chi connectivity index (χ1v) is 27.5. The molecular weight excluding hydrogens is 989 g/mol. The van der Waals surface area contributed by atoms with E-state index in [1.165, 1.54) is 11.1 Å². The number of hydrogen-bond donors (Lipinski definition) is 0. The zero-order valence-electron chi connectivity index (χ0n) is 43.8. The molecule has 1 aliphatic heterocycles. The van der Waals surface area contributed by atoms with E-state index >= 15 is 0 Å². The molecule has 16 rings (SSSR count). The van der Waals surface area contributed by atoms with Gasteiger partial charge < -0.3 is 23.4 Å². The Kier molecular flexibility index (Phi) is 10.8. The first-order valence-electron chi connectivity index (χ1n) is 27.5. The van der Waals surface area contributed by atoms with Crippen molar-refractivity contribution in [2.45, 2.75) is 0 Å². The first-order chi connectivity index (χ1) is 40.2. The van der Waals surface area contributed by atoms with Crippen LogP contribution < -0.4 is 14.5 Å². The quantitative estimate of drug-likeness (QED) is 0.137. The van der Waals surface area contributed by atoms with Gasteiger partial charge in [-0.15, -0.1) is 0 Å². The van der Waals surface area contributed by atoms with Crippen molar-refractivity contribution in [3.05, 3.63) is 291 Å². The Hall–Kier alpha value is -10.9. The molecule has 13 aromatic carbocycles. The number of ether oxygens (including phenoxy) is 1. The summed E-state index contributed by atoms with van der Waals surface area (Å²) in [5, 5.41) is 6.57. The highest BCUT2D eigenvalue weighted by Crippen LogP contribution is 2.57. The third kappa shape index (κ3) is 7.78. The molecule has 380 valence electrons. The van der Waals surface area contributed by atoms with Crippen LogP contribution in [0.25, 0.3) is 110 Å². The van der Waals surface area contributed by atoms with Gasteiger partial charge in [-0.2, -0.15) is 0 Å². The lowest BCUT2D eigenvalue weighted by Gasteiger charge is -2.33. The number of benzene rings is 13. The first kappa shape index (κ1) is 46.2. The smallest absolute Gasteiger partial charge is 0.159 e. The van der Waals surface area contributed by atoms with Gasteiger partial charge in [-0.3, -0.25) is 0 Å². The Labute approximate surface area is 468 Å². The maximum absolute atomic E-state index is 7.46. The van der Waals surface area contributed by atoms with E-state index in [1.807, 2.05) is 24.3 Å². The Morgan fingerprint density at radius 2 is 0.667 bits per heavy atom. The monoisotopic (exact) mass is 1040 g/mol. The molecule has 0 fully saturated rings. The van der Waals surface area contributed by atoms with Crippen molar-refractivity contribution in [1.29, 1.82) is 0 Å². The molecule has 2 aromatic heterocycles. The molecule has 15 aromatic rings. The maximum atomic E-state index is 7.46. The number of nitrogens with zero attached hydrogens (tertiary/aromatic N) is 2. The molecule has 0 spiro atoms. The maximum Gasteiger partial charge on any atom is 0.159 e. The molecule has 5 heteroatoms. The average molecular weight is 1040 g/mol. The molecule has 1 aliphatic rings. The minimum atomic E-state index is 0.771. The van der Waals surface area contributed by atoms with E-state index < -0.39 is 0 Å². The SMILES string of the molecule is c1ccc(-c2ccc(N(c3ccc(-c4cccc5c4oc4ccccc45)cc3)c3cccc4c3-c3cccc5ccc(N(c6ccc(-c7ccccc7)cc6)c6ccc(-c7cccc8c7oc7ccccc78)cc6)c(c35)O4)cc2)cc1. The van der Waals surface area contributed by atoms with Gasteiger partial charge in [0, 0.05) is 66.4 Å². The topological polar surface area (TPSA) is 42.0 Å². The Balaban J connectivity index is 0.843. The second kappa shape index (κ2) is 18.9. The minimum absolute atomic E-state index is 0.771. The predicted molar refractivity (Wildman–Crippen MR) is 335 cm³/mol. The fourth-order valence-electron chi connectivity index (χ4n) is 12.2. The number of para-hydroxylation sites is 4. The van der Waals surface area contributed by atoms with Gasteiger partial charge in [0.1, 0.15) is 28.1 Å². The third-order valence-corrected chi connectivity index (χ3v) is 16.1. The molecule has 0 saturated heterocycles. The van der Waals surface area contributed by atoms with Gasteiger partial charge in [0.15, 0.2) is 5.75 Å². The normalized spacial score (nSPS) is 11.8. The third-order valence-electron chi connectivity index (χ3n) is 16.1. The summed E-state index contributed by atoms with van der Waals surface area (Å²) >= 11 is 0. The van der Waals surface area contributed by atoms with E-state index in [9.17, 15) is 0 Å². The van der Waals surface area contributed by atoms with Crippen LogP contribution in [-0.4, -0.2) is 0 Å². The zero-order valence-corrected chi connectivity index (χ0v) is 43.8. The van der Waals surface area contributed by atoms with E-state index in [0.717, 1.165) is 145 Å². The second-order valence-corrected chi connectivity index (χ2v) is 20.7. The summed E-state index contributed by atoms with van der Waals surface area (Å²) in [7, 11) is 0. The highest BCUT2D eigenvalue weighted by Gasteiger charge is 2.30. The molecule has 81 heavy (non-hydrogen) atoms. The lowest BCUT2D eigenvalue weighted by atomic mass is 9.91. The lowest BCUT2D eigenvalue weighted by Crippen LogP contribution is -2.14. The average Bonchev–Trinajstić information content (AvgIpc) is 4.29. The molecule has 0 bridgehead atoms. The zero-order chi connectivity index (χ0) is 53.4. The van der Waals surface area contributed by atoms with Crippen LogP contribution in [0.1, 0.15) is 0 Å². The number of furan rings is 2. The van der Waals surface area contributed by atoms with Crippen LogP contribution >= 0.6 is 0 Å². The summed E-state index contributed by atoms with van der Waals surface area (Å²) < 4.78 is 20.5. The van der Waals surface area contributed by atoms with Gasteiger partial charge >= 0.3 is 0 Å². The van der Waals surface area contributed by atoms with Crippen LogP contribution in [0.2, 0.25) is 0 Å². The lowest BCUT2D eigenvalue weighted by molar-refractivity contribution is 0.488. The van der Waals surface area contributed by atoms with Gasteiger partial charge in [-0.05, 0) is 123 Å². The summed E-state index contributed by atoms with van der Waals surface area (Å²) in [4.78, 5) is 4.69. The molecule has 0 N–H and O–H groups in total. The summed E-state index contributed by atoms with van der Waals surface area (Å²) in [6, 6.07) is 103. The molecule has 5 nitrogen and oxygen atoms in total. The fourth-order valence-corrected chi connectivity index (χ4v) is 12.2. The largest absolute Gasteiger partial charge is 0.455 e. The molecule has 0 amide bonds. The second-order valence-electron chi connectivity index (χ2n) is 20.7. The van der Waals surface area contributed by atoms with Crippen LogP contribution in [0.3, 0.4) is 0 Å². The Morgan fingerprint density at radius 1 is 0.259 bits per heavy atom. The molecule has 0 radical (unpaired) electrons. The van der Waals surface area contributed by atoms with Gasteiger partial charge in [0.25, 0.3) is 0 Å². The highest BCUT2D eigenvalue weighted by atomic mass is 16.5. The van der Waals surface area contributed by atoms with Crippen LogP contribution in [0.5, 0.6) is 11.5 Å². The molecule has 0 saturated carbocycles. The van der Waals surface area contributed by atoms with Crippen molar-refractivity contribution in [2.75, 3.05) is 9.80 Å². The van der Waals surface area contributed by atoms with E-state index in [-0.39, 0.29) is 0 Å². The van der Waals surface area contributed by atoms with Gasteiger partial charge in [0.05, 0.1) is 11.4 Å². The summed E-state index contributed by atoms with van der Waals surface area (Å²) in [5.74, 6) is 1.56. The predicted octanol–water partition coefficient (Wildman–Crippen LogP) is 22.0. The van der Waals surface area contributed by atoms with Crippen LogP contribution in [-0.2, 0) is 0 Å². The van der Waals surface area contributed by atoms with Crippen molar-refractivity contribution in [3.8, 4) is 67.1 Å². The number of anilines is 6. The standard InChI is InChI=1S/C76H48N2O3/c1-3-15-49(16-4-1)51-31-40-56(41-32-51)77(57-44-35-53(36-45-57)60-22-12-24-64-62-20-7-9-28-69(62)79-74(60)64)67-27-14-30-71-73(67)66-26-11-19-55-39-48-68(76(81-71)72(55)66)78(58-42-33-52(34-43-58)50-17-5-2-6-18-50)59-46-37-54(38-47-59)61-23-13-25-65-63-21-8-10-29-70(63)80-75(61)65/h1-48H. The van der Waals surface area contributed by atoms with E-state index in [0.29, 0.717) is 0 Å². The summed E-state index contributed by atoms with van der Waals surface area (Å²) in [6.45, 7) is 0. The van der Waals surface area contributed by atoms with Crippen molar-refractivity contribution in [3.63, 3.8) is 0 Å². The fraction of sp³-hybridized carbons (Fsp3) is 0. The summed E-state index contributed by atoms with van der Waals surface area (Å²) in [6.07, 6.45) is 0.